The van der Waals surface area contributed by atoms with Crippen molar-refractivity contribution in [2.24, 2.45) is 0 Å². The summed E-state index contributed by atoms with van der Waals surface area (Å²) in [5.41, 5.74) is 1.80. The fourth-order valence-corrected chi connectivity index (χ4v) is 2.50. The van der Waals surface area contributed by atoms with Gasteiger partial charge in [0.2, 0.25) is 0 Å². The largest absolute Gasteiger partial charge is 0.327 e. The van der Waals surface area contributed by atoms with E-state index >= 15 is 0 Å². The van der Waals surface area contributed by atoms with Crippen LogP contribution in [0, 0.1) is 10.1 Å². The van der Waals surface area contributed by atoms with Crippen molar-refractivity contribution in [3.8, 4) is 0 Å². The van der Waals surface area contributed by atoms with Gasteiger partial charge in [0.25, 0.3) is 5.69 Å². The Morgan fingerprint density at radius 1 is 1.39 bits per heavy atom. The van der Waals surface area contributed by atoms with Gasteiger partial charge >= 0.3 is 0 Å². The highest BCUT2D eigenvalue weighted by Crippen LogP contribution is 2.26. The molecule has 1 aliphatic rings. The molecule has 1 N–H and O–H groups in total. The Morgan fingerprint density at radius 3 is 2.89 bits per heavy atom. The van der Waals surface area contributed by atoms with Gasteiger partial charge in [-0.05, 0) is 32.0 Å². The van der Waals surface area contributed by atoms with Gasteiger partial charge in [-0.2, -0.15) is 0 Å². The first-order valence-corrected chi connectivity index (χ1v) is 6.07. The fourth-order valence-electron chi connectivity index (χ4n) is 2.50. The zero-order valence-corrected chi connectivity index (χ0v) is 9.87. The van der Waals surface area contributed by atoms with Crippen LogP contribution in [-0.2, 0) is 0 Å². The van der Waals surface area contributed by atoms with E-state index in [9.17, 15) is 10.1 Å². The lowest BCUT2D eigenvalue weighted by Crippen LogP contribution is -2.29. The molecule has 0 radical (unpaired) electrons. The SMILES string of the molecule is O=[N+]([O-])c1ccc2ncn(C3CCNCC3)c2c1. The number of piperidine rings is 1. The number of non-ortho nitro benzene ring substituents is 1. The molecule has 0 amide bonds. The zero-order chi connectivity index (χ0) is 12.5. The number of nitrogens with zero attached hydrogens (tertiary/aromatic N) is 3. The minimum Gasteiger partial charge on any atom is -0.327 e. The summed E-state index contributed by atoms with van der Waals surface area (Å²) in [7, 11) is 0. The summed E-state index contributed by atoms with van der Waals surface area (Å²) in [5, 5.41) is 14.1. The van der Waals surface area contributed by atoms with Crippen molar-refractivity contribution in [3.63, 3.8) is 0 Å². The molecule has 3 rings (SSSR count). The van der Waals surface area contributed by atoms with Gasteiger partial charge in [0.15, 0.2) is 0 Å². The smallest absolute Gasteiger partial charge is 0.271 e. The molecule has 18 heavy (non-hydrogen) atoms. The van der Waals surface area contributed by atoms with Crippen LogP contribution in [0.5, 0.6) is 0 Å². The van der Waals surface area contributed by atoms with E-state index in [4.69, 9.17) is 0 Å². The van der Waals surface area contributed by atoms with E-state index < -0.39 is 0 Å². The van der Waals surface area contributed by atoms with Crippen LogP contribution in [0.15, 0.2) is 24.5 Å². The number of nitro benzene ring substituents is 1. The molecule has 0 bridgehead atoms. The maximum atomic E-state index is 10.8. The third kappa shape index (κ3) is 1.84. The van der Waals surface area contributed by atoms with Crippen LogP contribution >= 0.6 is 0 Å². The average molecular weight is 246 g/mol. The van der Waals surface area contributed by atoms with E-state index in [1.807, 2.05) is 0 Å². The predicted octanol–water partition coefficient (Wildman–Crippen LogP) is 1.87. The second-order valence-electron chi connectivity index (χ2n) is 4.56. The van der Waals surface area contributed by atoms with Crippen molar-refractivity contribution in [2.45, 2.75) is 18.9 Å². The lowest BCUT2D eigenvalue weighted by Gasteiger charge is -2.24. The number of fused-ring (bicyclic) bond motifs is 1. The van der Waals surface area contributed by atoms with Crippen LogP contribution in [-0.4, -0.2) is 27.6 Å². The molecule has 1 saturated heterocycles. The van der Waals surface area contributed by atoms with Crippen LogP contribution < -0.4 is 5.32 Å². The summed E-state index contributed by atoms with van der Waals surface area (Å²) in [5.74, 6) is 0. The Morgan fingerprint density at radius 2 is 2.17 bits per heavy atom. The number of imidazole rings is 1. The number of aromatic nitrogens is 2. The predicted molar refractivity (Wildman–Crippen MR) is 67.5 cm³/mol. The number of nitrogens with one attached hydrogen (secondary N) is 1. The summed E-state index contributed by atoms with van der Waals surface area (Å²) < 4.78 is 2.07. The Kier molecular flexibility index (Phi) is 2.71. The molecule has 6 heteroatoms. The van der Waals surface area contributed by atoms with E-state index in [2.05, 4.69) is 14.9 Å². The maximum Gasteiger partial charge on any atom is 0.271 e. The molecule has 6 nitrogen and oxygen atoms in total. The Balaban J connectivity index is 2.05. The molecular formula is C12H14N4O2. The van der Waals surface area contributed by atoms with Crippen molar-refractivity contribution < 1.29 is 4.92 Å². The molecule has 0 atom stereocenters. The van der Waals surface area contributed by atoms with Gasteiger partial charge in [-0.1, -0.05) is 0 Å². The van der Waals surface area contributed by atoms with E-state index in [0.29, 0.717) is 6.04 Å². The molecule has 0 spiro atoms. The molecule has 0 saturated carbocycles. The molecule has 1 aromatic heterocycles. The summed E-state index contributed by atoms with van der Waals surface area (Å²) >= 11 is 0. The number of rotatable bonds is 2. The number of hydrogen-bond donors (Lipinski definition) is 1. The normalized spacial score (nSPS) is 17.1. The lowest BCUT2D eigenvalue weighted by atomic mass is 10.1. The number of hydrogen-bond acceptors (Lipinski definition) is 4. The van der Waals surface area contributed by atoms with Crippen LogP contribution in [0.3, 0.4) is 0 Å². The van der Waals surface area contributed by atoms with E-state index in [-0.39, 0.29) is 10.6 Å². The Labute approximate surface area is 104 Å². The molecule has 1 fully saturated rings. The zero-order valence-electron chi connectivity index (χ0n) is 9.87. The van der Waals surface area contributed by atoms with Crippen LogP contribution in [0.2, 0.25) is 0 Å². The first-order chi connectivity index (χ1) is 8.75. The van der Waals surface area contributed by atoms with Crippen molar-refractivity contribution in [1.82, 2.24) is 14.9 Å². The van der Waals surface area contributed by atoms with Crippen molar-refractivity contribution in [3.05, 3.63) is 34.6 Å². The first kappa shape index (κ1) is 11.2. The van der Waals surface area contributed by atoms with Crippen LogP contribution in [0.1, 0.15) is 18.9 Å². The van der Waals surface area contributed by atoms with Gasteiger partial charge in [0, 0.05) is 18.2 Å². The monoisotopic (exact) mass is 246 g/mol. The minimum absolute atomic E-state index is 0.123. The van der Waals surface area contributed by atoms with Gasteiger partial charge in [-0.25, -0.2) is 4.98 Å². The molecule has 2 aromatic rings. The standard InChI is InChI=1S/C12H14N4O2/c17-16(18)10-1-2-11-12(7-10)15(8-14-11)9-3-5-13-6-4-9/h1-2,7-9,13H,3-6H2. The second kappa shape index (κ2) is 4.38. The molecule has 1 aliphatic heterocycles. The average Bonchev–Trinajstić information content (AvgIpc) is 2.82. The summed E-state index contributed by atoms with van der Waals surface area (Å²) in [6.45, 7) is 1.97. The minimum atomic E-state index is -0.362. The van der Waals surface area contributed by atoms with Gasteiger partial charge in [-0.15, -0.1) is 0 Å². The number of nitro groups is 1. The molecular weight excluding hydrogens is 232 g/mol. The summed E-state index contributed by atoms with van der Waals surface area (Å²) in [4.78, 5) is 14.8. The van der Waals surface area contributed by atoms with Gasteiger partial charge in [0.1, 0.15) is 0 Å². The highest BCUT2D eigenvalue weighted by atomic mass is 16.6. The van der Waals surface area contributed by atoms with E-state index in [1.54, 1.807) is 18.5 Å². The molecule has 1 aromatic carbocycles. The third-order valence-electron chi connectivity index (χ3n) is 3.47. The van der Waals surface area contributed by atoms with Crippen LogP contribution in [0.25, 0.3) is 11.0 Å². The summed E-state index contributed by atoms with van der Waals surface area (Å²) in [6.07, 6.45) is 3.87. The van der Waals surface area contributed by atoms with E-state index in [0.717, 1.165) is 37.0 Å². The molecule has 0 aliphatic carbocycles. The highest BCUT2D eigenvalue weighted by Gasteiger charge is 2.18. The Bertz CT molecular complexity index is 587. The van der Waals surface area contributed by atoms with Gasteiger partial charge in [0.05, 0.1) is 22.3 Å². The lowest BCUT2D eigenvalue weighted by molar-refractivity contribution is -0.384. The first-order valence-electron chi connectivity index (χ1n) is 6.07. The van der Waals surface area contributed by atoms with Crippen molar-refractivity contribution in [1.29, 1.82) is 0 Å². The Hall–Kier alpha value is -1.95. The van der Waals surface area contributed by atoms with Crippen molar-refractivity contribution in [2.75, 3.05) is 13.1 Å². The molecule has 94 valence electrons. The van der Waals surface area contributed by atoms with E-state index in [1.165, 1.54) is 6.07 Å². The van der Waals surface area contributed by atoms with Crippen molar-refractivity contribution >= 4 is 16.7 Å². The topological polar surface area (TPSA) is 73.0 Å². The maximum absolute atomic E-state index is 10.8. The fraction of sp³-hybridized carbons (Fsp3) is 0.417. The quantitative estimate of drug-likeness (QED) is 0.648. The number of benzene rings is 1. The molecule has 2 heterocycles. The van der Waals surface area contributed by atoms with Gasteiger partial charge < -0.3 is 9.88 Å². The second-order valence-corrected chi connectivity index (χ2v) is 4.56. The third-order valence-corrected chi connectivity index (χ3v) is 3.47. The summed E-state index contributed by atoms with van der Waals surface area (Å²) in [6, 6.07) is 5.22. The van der Waals surface area contributed by atoms with Gasteiger partial charge in [-0.3, -0.25) is 10.1 Å². The molecule has 0 unspecified atom stereocenters. The van der Waals surface area contributed by atoms with Crippen LogP contribution in [0.4, 0.5) is 5.69 Å². The highest BCUT2D eigenvalue weighted by molar-refractivity contribution is 5.78.